The van der Waals surface area contributed by atoms with Crippen molar-refractivity contribution in [2.75, 3.05) is 0 Å². The number of hydrogen-bond acceptors (Lipinski definition) is 2. The van der Waals surface area contributed by atoms with Crippen molar-refractivity contribution in [3.8, 4) is 11.3 Å². The maximum atomic E-state index is 12.2. The molecule has 0 radical (unpaired) electrons. The van der Waals surface area contributed by atoms with Gasteiger partial charge in [-0.05, 0) is 25.3 Å². The number of nitrogens with zero attached hydrogens (tertiary/aromatic N) is 2. The summed E-state index contributed by atoms with van der Waals surface area (Å²) in [6.45, 7) is 2.07. The molecular weight excluding hydrogens is 224 g/mol. The zero-order valence-corrected chi connectivity index (χ0v) is 10.7. The number of aromatic nitrogens is 2. The van der Waals surface area contributed by atoms with Crippen LogP contribution in [0.4, 0.5) is 0 Å². The van der Waals surface area contributed by atoms with Crippen LogP contribution >= 0.6 is 0 Å². The van der Waals surface area contributed by atoms with Gasteiger partial charge >= 0.3 is 0 Å². The first-order chi connectivity index (χ1) is 8.68. The number of carbonyl (C=O) groups excluding carboxylic acids is 1. The molecule has 0 saturated heterocycles. The molecule has 1 aliphatic carbocycles. The predicted molar refractivity (Wildman–Crippen MR) is 70.6 cm³/mol. The topological polar surface area (TPSA) is 34.9 Å². The summed E-state index contributed by atoms with van der Waals surface area (Å²) in [6.07, 6.45) is 2.49. The van der Waals surface area contributed by atoms with Gasteiger partial charge < -0.3 is 0 Å². The minimum atomic E-state index is 0.239. The van der Waals surface area contributed by atoms with Gasteiger partial charge in [0.2, 0.25) is 0 Å². The second-order valence-electron chi connectivity index (χ2n) is 4.89. The van der Waals surface area contributed by atoms with E-state index < -0.39 is 0 Å². The molecule has 1 heterocycles. The van der Waals surface area contributed by atoms with Gasteiger partial charge in [-0.1, -0.05) is 24.3 Å². The Morgan fingerprint density at radius 3 is 2.78 bits per heavy atom. The van der Waals surface area contributed by atoms with Crippen LogP contribution in [0.3, 0.4) is 0 Å². The number of Topliss-reactive ketones (excluding diaryl/α,β-unsaturated/α-hetero) is 1. The highest BCUT2D eigenvalue weighted by atomic mass is 16.1. The molecule has 0 amide bonds. The Labute approximate surface area is 106 Å². The van der Waals surface area contributed by atoms with E-state index in [0.29, 0.717) is 6.42 Å². The fraction of sp³-hybridized carbons (Fsp3) is 0.333. The summed E-state index contributed by atoms with van der Waals surface area (Å²) >= 11 is 0. The van der Waals surface area contributed by atoms with E-state index in [2.05, 4.69) is 24.2 Å². The van der Waals surface area contributed by atoms with E-state index in [4.69, 9.17) is 0 Å². The normalized spacial score (nSPS) is 14.7. The Morgan fingerprint density at radius 2 is 2.00 bits per heavy atom. The first-order valence-corrected chi connectivity index (χ1v) is 6.33. The quantitative estimate of drug-likeness (QED) is 0.768. The minimum absolute atomic E-state index is 0.239. The zero-order chi connectivity index (χ0) is 12.7. The van der Waals surface area contributed by atoms with Crippen LogP contribution in [0, 0.1) is 6.92 Å². The van der Waals surface area contributed by atoms with E-state index in [-0.39, 0.29) is 5.78 Å². The van der Waals surface area contributed by atoms with E-state index in [1.165, 1.54) is 5.56 Å². The van der Waals surface area contributed by atoms with Crippen LogP contribution in [0.15, 0.2) is 24.3 Å². The van der Waals surface area contributed by atoms with Gasteiger partial charge in [-0.2, -0.15) is 5.10 Å². The summed E-state index contributed by atoms with van der Waals surface area (Å²) in [6, 6.07) is 8.16. The number of hydrogen-bond donors (Lipinski definition) is 0. The number of rotatable bonds is 1. The number of fused-ring (bicyclic) bond motifs is 1. The van der Waals surface area contributed by atoms with Crippen molar-refractivity contribution in [1.82, 2.24) is 9.78 Å². The van der Waals surface area contributed by atoms with E-state index >= 15 is 0 Å². The lowest BCUT2D eigenvalue weighted by Crippen LogP contribution is -2.10. The van der Waals surface area contributed by atoms with Crippen LogP contribution in [-0.2, 0) is 13.5 Å². The van der Waals surface area contributed by atoms with Gasteiger partial charge in [-0.3, -0.25) is 9.48 Å². The molecular formula is C15H16N2O. The molecule has 1 aliphatic rings. The summed E-state index contributed by atoms with van der Waals surface area (Å²) < 4.78 is 1.86. The molecule has 0 spiro atoms. The fourth-order valence-corrected chi connectivity index (χ4v) is 2.74. The van der Waals surface area contributed by atoms with Crippen LogP contribution in [-0.4, -0.2) is 15.6 Å². The molecule has 0 saturated carbocycles. The lowest BCUT2D eigenvalue weighted by atomic mass is 9.91. The second kappa shape index (κ2) is 4.09. The molecule has 1 aromatic heterocycles. The number of aryl methyl sites for hydroxylation is 3. The van der Waals surface area contributed by atoms with Gasteiger partial charge in [0, 0.05) is 19.0 Å². The van der Waals surface area contributed by atoms with Gasteiger partial charge in [0.1, 0.15) is 0 Å². The summed E-state index contributed by atoms with van der Waals surface area (Å²) in [7, 11) is 1.92. The molecule has 18 heavy (non-hydrogen) atoms. The van der Waals surface area contributed by atoms with Crippen LogP contribution in [0.25, 0.3) is 11.3 Å². The molecule has 0 bridgehead atoms. The molecule has 0 fully saturated rings. The number of carbonyl (C=O) groups is 1. The van der Waals surface area contributed by atoms with Crippen molar-refractivity contribution in [2.45, 2.75) is 26.2 Å². The van der Waals surface area contributed by atoms with Crippen molar-refractivity contribution in [2.24, 2.45) is 7.05 Å². The van der Waals surface area contributed by atoms with Gasteiger partial charge in [0.25, 0.3) is 0 Å². The van der Waals surface area contributed by atoms with Crippen LogP contribution < -0.4 is 0 Å². The second-order valence-corrected chi connectivity index (χ2v) is 4.89. The number of benzene rings is 1. The smallest absolute Gasteiger partial charge is 0.166 e. The summed E-state index contributed by atoms with van der Waals surface area (Å²) in [5, 5.41) is 4.51. The third kappa shape index (κ3) is 1.58. The maximum absolute atomic E-state index is 12.2. The van der Waals surface area contributed by atoms with E-state index in [1.807, 2.05) is 23.9 Å². The molecule has 2 aromatic rings. The highest BCUT2D eigenvalue weighted by Gasteiger charge is 2.26. The fourth-order valence-electron chi connectivity index (χ4n) is 2.74. The Kier molecular flexibility index (Phi) is 2.54. The van der Waals surface area contributed by atoms with Crippen LogP contribution in [0.1, 0.15) is 34.5 Å². The first kappa shape index (κ1) is 11.2. The average molecular weight is 240 g/mol. The van der Waals surface area contributed by atoms with E-state index in [1.54, 1.807) is 0 Å². The van der Waals surface area contributed by atoms with Crippen molar-refractivity contribution >= 4 is 5.78 Å². The van der Waals surface area contributed by atoms with Gasteiger partial charge in [0.05, 0.1) is 17.0 Å². The lowest BCUT2D eigenvalue weighted by Gasteiger charge is -2.12. The molecule has 0 unspecified atom stereocenters. The van der Waals surface area contributed by atoms with Crippen molar-refractivity contribution in [3.63, 3.8) is 0 Å². The van der Waals surface area contributed by atoms with Gasteiger partial charge in [0.15, 0.2) is 5.78 Å². The zero-order valence-electron chi connectivity index (χ0n) is 10.7. The third-order valence-electron chi connectivity index (χ3n) is 3.62. The number of ketones is 1. The van der Waals surface area contributed by atoms with Gasteiger partial charge in [-0.25, -0.2) is 0 Å². The van der Waals surface area contributed by atoms with E-state index in [0.717, 1.165) is 35.4 Å². The molecule has 3 nitrogen and oxygen atoms in total. The predicted octanol–water partition coefficient (Wildman–Crippen LogP) is 2.91. The Bertz CT molecular complexity index is 625. The Hall–Kier alpha value is -1.90. The third-order valence-corrected chi connectivity index (χ3v) is 3.62. The maximum Gasteiger partial charge on any atom is 0.166 e. The Morgan fingerprint density at radius 1 is 1.22 bits per heavy atom. The molecule has 0 N–H and O–H groups in total. The van der Waals surface area contributed by atoms with Crippen molar-refractivity contribution < 1.29 is 4.79 Å². The monoisotopic (exact) mass is 240 g/mol. The first-order valence-electron chi connectivity index (χ1n) is 6.33. The largest absolute Gasteiger partial charge is 0.294 e. The minimum Gasteiger partial charge on any atom is -0.294 e. The summed E-state index contributed by atoms with van der Waals surface area (Å²) in [5.41, 5.74) is 5.09. The lowest BCUT2D eigenvalue weighted by molar-refractivity contribution is 0.0973. The van der Waals surface area contributed by atoms with Gasteiger partial charge in [-0.15, -0.1) is 0 Å². The molecule has 0 aliphatic heterocycles. The summed E-state index contributed by atoms with van der Waals surface area (Å²) in [5.74, 6) is 0.239. The van der Waals surface area contributed by atoms with Crippen molar-refractivity contribution in [3.05, 3.63) is 41.1 Å². The van der Waals surface area contributed by atoms with Crippen LogP contribution in [0.2, 0.25) is 0 Å². The molecule has 3 rings (SSSR count). The molecule has 3 heteroatoms. The summed E-state index contributed by atoms with van der Waals surface area (Å²) in [4.78, 5) is 12.2. The van der Waals surface area contributed by atoms with Crippen LogP contribution in [0.5, 0.6) is 0 Å². The van der Waals surface area contributed by atoms with E-state index in [9.17, 15) is 4.79 Å². The molecule has 92 valence electrons. The Balaban J connectivity index is 2.27. The average Bonchev–Trinajstić information content (AvgIpc) is 2.68. The van der Waals surface area contributed by atoms with Crippen molar-refractivity contribution in [1.29, 1.82) is 0 Å². The SMILES string of the molecule is Cc1ccccc1-c1c2c(nn1C)CCCC2=O. The highest BCUT2D eigenvalue weighted by molar-refractivity contribution is 6.03. The standard InChI is InChI=1S/C15H16N2O/c1-10-6-3-4-7-11(10)15-14-12(16-17(15)2)8-5-9-13(14)18/h3-4,6-7H,5,8-9H2,1-2H3. The highest BCUT2D eigenvalue weighted by Crippen LogP contribution is 2.32. The molecule has 1 aromatic carbocycles. The molecule has 0 atom stereocenters.